The highest BCUT2D eigenvalue weighted by Gasteiger charge is 2.21. The molecule has 0 aliphatic heterocycles. The molecule has 0 bridgehead atoms. The topological polar surface area (TPSA) is 61.4 Å². The van der Waals surface area contributed by atoms with Crippen molar-refractivity contribution in [1.29, 1.82) is 0 Å². The summed E-state index contributed by atoms with van der Waals surface area (Å²) in [5.74, 6) is 0.785. The van der Waals surface area contributed by atoms with Crippen LogP contribution in [0.3, 0.4) is 0 Å². The molecule has 3 aromatic carbocycles. The number of fused-ring (bicyclic) bond motifs is 5. The molecule has 0 aliphatic carbocycles. The fraction of sp³-hybridized carbons (Fsp3) is 0. The highest BCUT2D eigenvalue weighted by molar-refractivity contribution is 6.20. The van der Waals surface area contributed by atoms with Gasteiger partial charge in [0.25, 0.3) is 0 Å². The van der Waals surface area contributed by atoms with Crippen LogP contribution in [-0.4, -0.2) is 29.1 Å². The van der Waals surface area contributed by atoms with Crippen LogP contribution in [0.15, 0.2) is 110 Å². The van der Waals surface area contributed by atoms with E-state index in [-0.39, 0.29) is 0 Å². The molecule has 0 aliphatic rings. The minimum absolute atomic E-state index is 0.785. The van der Waals surface area contributed by atoms with E-state index in [1.165, 1.54) is 11.7 Å². The van der Waals surface area contributed by atoms with Gasteiger partial charge in [-0.1, -0.05) is 36.4 Å². The van der Waals surface area contributed by atoms with Crippen LogP contribution >= 0.6 is 0 Å². The second-order valence-electron chi connectivity index (χ2n) is 8.12. The van der Waals surface area contributed by atoms with Crippen LogP contribution in [0.2, 0.25) is 0 Å². The molecule has 0 saturated carbocycles. The summed E-state index contributed by atoms with van der Waals surface area (Å²) in [4.78, 5) is 18.0. The maximum absolute atomic E-state index is 5.19. The van der Waals surface area contributed by atoms with E-state index in [1.54, 1.807) is 18.6 Å². The van der Waals surface area contributed by atoms with Crippen molar-refractivity contribution in [2.24, 2.45) is 0 Å². The monoisotopic (exact) mass is 438 g/mol. The third-order valence-corrected chi connectivity index (χ3v) is 6.20. The average Bonchev–Trinajstić information content (AvgIpc) is 3.46. The molecular formula is C28H18N6. The molecule has 0 unspecified atom stereocenters. The van der Waals surface area contributed by atoms with Gasteiger partial charge in [-0.05, 0) is 42.5 Å². The molecule has 0 saturated heterocycles. The normalized spacial score (nSPS) is 11.5. The Morgan fingerprint density at radius 3 is 2.15 bits per heavy atom. The van der Waals surface area contributed by atoms with Gasteiger partial charge in [0.05, 0.1) is 39.5 Å². The molecule has 160 valence electrons. The fourth-order valence-corrected chi connectivity index (χ4v) is 4.81. The van der Waals surface area contributed by atoms with Crippen LogP contribution < -0.4 is 0 Å². The first kappa shape index (κ1) is 18.7. The standard InChI is InChI=1S/C28H18N6/c1-2-7-20(8-3-1)33-23-11-5-4-10-22(23)26-24(33)12-13-25-27(26)32-28(19-15-30-18-31-16-19)34(25)21-9-6-14-29-17-21/h1-18H. The van der Waals surface area contributed by atoms with E-state index in [2.05, 4.69) is 84.7 Å². The van der Waals surface area contributed by atoms with Gasteiger partial charge in [-0.2, -0.15) is 0 Å². The molecule has 0 fully saturated rings. The summed E-state index contributed by atoms with van der Waals surface area (Å²) in [6.07, 6.45) is 8.76. The van der Waals surface area contributed by atoms with E-state index in [1.807, 2.05) is 24.4 Å². The maximum Gasteiger partial charge on any atom is 0.148 e. The van der Waals surface area contributed by atoms with Crippen molar-refractivity contribution in [3.05, 3.63) is 110 Å². The second kappa shape index (κ2) is 7.35. The summed E-state index contributed by atoms with van der Waals surface area (Å²) in [6, 6.07) is 27.3. The number of imidazole rings is 1. The highest BCUT2D eigenvalue weighted by Crippen LogP contribution is 2.38. The molecule has 0 spiro atoms. The van der Waals surface area contributed by atoms with Gasteiger partial charge in [-0.25, -0.2) is 15.0 Å². The number of nitrogens with zero attached hydrogens (tertiary/aromatic N) is 6. The molecule has 6 heteroatoms. The number of para-hydroxylation sites is 2. The van der Waals surface area contributed by atoms with Gasteiger partial charge in [-0.15, -0.1) is 0 Å². The summed E-state index contributed by atoms with van der Waals surface area (Å²) in [7, 11) is 0. The van der Waals surface area contributed by atoms with Crippen molar-refractivity contribution in [1.82, 2.24) is 29.1 Å². The predicted octanol–water partition coefficient (Wildman–Crippen LogP) is 5.97. The van der Waals surface area contributed by atoms with Gasteiger partial charge in [-0.3, -0.25) is 9.55 Å². The quantitative estimate of drug-likeness (QED) is 0.341. The predicted molar refractivity (Wildman–Crippen MR) is 134 cm³/mol. The highest BCUT2D eigenvalue weighted by atomic mass is 15.1. The second-order valence-corrected chi connectivity index (χ2v) is 8.12. The maximum atomic E-state index is 5.19. The lowest BCUT2D eigenvalue weighted by atomic mass is 10.1. The van der Waals surface area contributed by atoms with Crippen molar-refractivity contribution >= 4 is 32.8 Å². The Morgan fingerprint density at radius 1 is 0.559 bits per heavy atom. The molecule has 4 aromatic heterocycles. The molecule has 34 heavy (non-hydrogen) atoms. The van der Waals surface area contributed by atoms with Crippen LogP contribution in [0.5, 0.6) is 0 Å². The fourth-order valence-electron chi connectivity index (χ4n) is 4.81. The van der Waals surface area contributed by atoms with Gasteiger partial charge in [0.15, 0.2) is 0 Å². The smallest absolute Gasteiger partial charge is 0.148 e. The molecule has 0 amide bonds. The first-order valence-electron chi connectivity index (χ1n) is 11.1. The SMILES string of the molecule is c1ccc(-n2c3ccccc3c3c4nc(-c5cncnc5)n(-c5cccnc5)c4ccc32)cc1. The van der Waals surface area contributed by atoms with Gasteiger partial charge in [0, 0.05) is 35.1 Å². The molecule has 0 radical (unpaired) electrons. The summed E-state index contributed by atoms with van der Waals surface area (Å²) in [5, 5.41) is 2.29. The first-order chi connectivity index (χ1) is 16.9. The largest absolute Gasteiger partial charge is 0.309 e. The Balaban J connectivity index is 1.66. The van der Waals surface area contributed by atoms with Crippen LogP contribution in [0.4, 0.5) is 0 Å². The third kappa shape index (κ3) is 2.69. The third-order valence-electron chi connectivity index (χ3n) is 6.20. The van der Waals surface area contributed by atoms with Gasteiger partial charge in [0.2, 0.25) is 0 Å². The van der Waals surface area contributed by atoms with Crippen LogP contribution in [0.25, 0.3) is 55.6 Å². The minimum atomic E-state index is 0.785. The average molecular weight is 438 g/mol. The molecule has 6 nitrogen and oxygen atoms in total. The van der Waals surface area contributed by atoms with Crippen molar-refractivity contribution in [3.8, 4) is 22.8 Å². The number of hydrogen-bond donors (Lipinski definition) is 0. The lowest BCUT2D eigenvalue weighted by molar-refractivity contribution is 1.06. The number of benzene rings is 3. The zero-order valence-corrected chi connectivity index (χ0v) is 18.1. The zero-order valence-electron chi connectivity index (χ0n) is 18.1. The van der Waals surface area contributed by atoms with E-state index in [9.17, 15) is 0 Å². The van der Waals surface area contributed by atoms with Gasteiger partial charge >= 0.3 is 0 Å². The van der Waals surface area contributed by atoms with E-state index < -0.39 is 0 Å². The Bertz CT molecular complexity index is 1790. The molecule has 0 N–H and O–H groups in total. The van der Waals surface area contributed by atoms with Crippen LogP contribution in [0, 0.1) is 0 Å². The Labute approximate surface area is 194 Å². The lowest BCUT2D eigenvalue weighted by Crippen LogP contribution is -1.98. The molecule has 7 rings (SSSR count). The van der Waals surface area contributed by atoms with Crippen molar-refractivity contribution in [3.63, 3.8) is 0 Å². The van der Waals surface area contributed by atoms with Crippen molar-refractivity contribution < 1.29 is 0 Å². The summed E-state index contributed by atoms with van der Waals surface area (Å²) in [5.41, 5.74) is 7.12. The van der Waals surface area contributed by atoms with Gasteiger partial charge in [0.1, 0.15) is 12.2 Å². The summed E-state index contributed by atoms with van der Waals surface area (Å²) >= 11 is 0. The minimum Gasteiger partial charge on any atom is -0.309 e. The van der Waals surface area contributed by atoms with Crippen molar-refractivity contribution in [2.75, 3.05) is 0 Å². The number of pyridine rings is 1. The van der Waals surface area contributed by atoms with E-state index in [0.717, 1.165) is 50.2 Å². The Hall–Kier alpha value is -4.84. The Kier molecular flexibility index (Phi) is 4.04. The Morgan fingerprint density at radius 2 is 1.32 bits per heavy atom. The summed E-state index contributed by atoms with van der Waals surface area (Å²) < 4.78 is 4.44. The summed E-state index contributed by atoms with van der Waals surface area (Å²) in [6.45, 7) is 0. The van der Waals surface area contributed by atoms with Crippen LogP contribution in [-0.2, 0) is 0 Å². The number of rotatable bonds is 3. The molecular weight excluding hydrogens is 420 g/mol. The van der Waals surface area contributed by atoms with Crippen LogP contribution in [0.1, 0.15) is 0 Å². The number of hydrogen-bond acceptors (Lipinski definition) is 4. The van der Waals surface area contributed by atoms with Crippen molar-refractivity contribution in [2.45, 2.75) is 0 Å². The first-order valence-corrected chi connectivity index (χ1v) is 11.1. The molecule has 4 heterocycles. The van der Waals surface area contributed by atoms with E-state index in [4.69, 9.17) is 4.98 Å². The molecule has 0 atom stereocenters. The van der Waals surface area contributed by atoms with E-state index in [0.29, 0.717) is 0 Å². The molecule has 7 aromatic rings. The zero-order chi connectivity index (χ0) is 22.5. The van der Waals surface area contributed by atoms with E-state index >= 15 is 0 Å². The lowest BCUT2D eigenvalue weighted by Gasteiger charge is -2.09. The number of aromatic nitrogens is 6. The van der Waals surface area contributed by atoms with Gasteiger partial charge < -0.3 is 4.57 Å².